The van der Waals surface area contributed by atoms with Crippen LogP contribution in [0.25, 0.3) is 0 Å². The Morgan fingerprint density at radius 3 is 2.65 bits per heavy atom. The number of carbonyl (C=O) groups is 1. The summed E-state index contributed by atoms with van der Waals surface area (Å²) in [6.07, 6.45) is 2.40. The van der Waals surface area contributed by atoms with E-state index in [4.69, 9.17) is 0 Å². The van der Waals surface area contributed by atoms with Gasteiger partial charge in [0.2, 0.25) is 5.82 Å². The van der Waals surface area contributed by atoms with Crippen LogP contribution in [0, 0.1) is 20.2 Å². The number of nitrogens with zero attached hydrogens (tertiary/aromatic N) is 3. The predicted molar refractivity (Wildman–Crippen MR) is 66.8 cm³/mol. The van der Waals surface area contributed by atoms with Crippen LogP contribution < -0.4 is 5.48 Å². The molecule has 0 saturated heterocycles. The van der Waals surface area contributed by atoms with E-state index in [1.807, 2.05) is 12.4 Å². The molecule has 10 heteroatoms. The van der Waals surface area contributed by atoms with Crippen LogP contribution in [-0.4, -0.2) is 20.8 Å². The van der Waals surface area contributed by atoms with Crippen molar-refractivity contribution < 1.29 is 19.5 Å². The van der Waals surface area contributed by atoms with Gasteiger partial charge in [-0.15, -0.1) is 0 Å². The van der Waals surface area contributed by atoms with Gasteiger partial charge >= 0.3 is 11.7 Å². The fraction of sp³-hybridized carbons (Fsp3) is 0.400. The highest BCUT2D eigenvalue weighted by atomic mass is 16.7. The molecule has 0 fully saturated rings. The Morgan fingerprint density at radius 1 is 1.40 bits per heavy atom. The maximum absolute atomic E-state index is 11.2. The molecule has 1 aromatic heterocycles. The summed E-state index contributed by atoms with van der Waals surface area (Å²) in [5, 5.41) is 21.3. The van der Waals surface area contributed by atoms with Crippen LogP contribution in [0.15, 0.2) is 12.3 Å². The van der Waals surface area contributed by atoms with Crippen molar-refractivity contribution in [2.24, 2.45) is 0 Å². The number of unbranched alkanes of at least 4 members (excludes halogenated alkanes) is 1. The Bertz CT molecular complexity index is 532. The topological polar surface area (TPSA) is 138 Å². The highest BCUT2D eigenvalue weighted by molar-refractivity contribution is 5.71. The van der Waals surface area contributed by atoms with E-state index in [9.17, 15) is 25.0 Å². The smallest absolute Gasteiger partial charge is 0.332 e. The van der Waals surface area contributed by atoms with Crippen LogP contribution in [0.5, 0.6) is 0 Å². The van der Waals surface area contributed by atoms with Gasteiger partial charge in [-0.2, -0.15) is 5.48 Å². The molecule has 0 atom stereocenters. The maximum Gasteiger partial charge on any atom is 0.332 e. The van der Waals surface area contributed by atoms with Gasteiger partial charge in [0.15, 0.2) is 0 Å². The average Bonchev–Trinajstić information content (AvgIpc) is 2.42. The average molecular weight is 284 g/mol. The zero-order valence-corrected chi connectivity index (χ0v) is 10.6. The van der Waals surface area contributed by atoms with Crippen molar-refractivity contribution in [2.75, 3.05) is 5.48 Å². The molecule has 10 nitrogen and oxygen atoms in total. The Kier molecular flexibility index (Phi) is 5.32. The van der Waals surface area contributed by atoms with E-state index in [1.54, 1.807) is 0 Å². The summed E-state index contributed by atoms with van der Waals surface area (Å²) in [7, 11) is 0. The standard InChI is InChI=1S/C10H12N4O6/c1-2-3-4-9(15)20-12-10-8(14(18)19)5-7(6-11-10)13(16)17/h5-6H,2-4H2,1H3,(H,11,12). The second kappa shape index (κ2) is 6.97. The van der Waals surface area contributed by atoms with Gasteiger partial charge in [0, 0.05) is 6.42 Å². The molecule has 0 aliphatic heterocycles. The zero-order chi connectivity index (χ0) is 15.1. The highest BCUT2D eigenvalue weighted by Gasteiger charge is 2.22. The first-order valence-electron chi connectivity index (χ1n) is 5.70. The van der Waals surface area contributed by atoms with Crippen molar-refractivity contribution in [3.8, 4) is 0 Å². The third kappa shape index (κ3) is 4.15. The van der Waals surface area contributed by atoms with Gasteiger partial charge in [-0.1, -0.05) is 13.3 Å². The molecule has 1 rings (SSSR count). The molecule has 0 radical (unpaired) electrons. The lowest BCUT2D eigenvalue weighted by Crippen LogP contribution is -2.12. The Labute approximate surface area is 113 Å². The van der Waals surface area contributed by atoms with Crippen LogP contribution >= 0.6 is 0 Å². The minimum Gasteiger partial charge on any atom is -0.342 e. The maximum atomic E-state index is 11.2. The molecular weight excluding hydrogens is 272 g/mol. The molecule has 0 amide bonds. The fourth-order valence-electron chi connectivity index (χ4n) is 1.24. The summed E-state index contributed by atoms with van der Waals surface area (Å²) >= 11 is 0. The second-order valence-corrected chi connectivity index (χ2v) is 3.76. The van der Waals surface area contributed by atoms with E-state index < -0.39 is 27.2 Å². The number of nitrogens with one attached hydrogen (secondary N) is 1. The molecule has 1 aromatic rings. The molecule has 0 bridgehead atoms. The van der Waals surface area contributed by atoms with Crippen molar-refractivity contribution in [3.05, 3.63) is 32.5 Å². The summed E-state index contributed by atoms with van der Waals surface area (Å²) < 4.78 is 0. The van der Waals surface area contributed by atoms with Crippen LogP contribution in [0.4, 0.5) is 17.2 Å². The van der Waals surface area contributed by atoms with Crippen LogP contribution in [0.3, 0.4) is 0 Å². The van der Waals surface area contributed by atoms with Gasteiger partial charge in [-0.3, -0.25) is 20.2 Å². The minimum absolute atomic E-state index is 0.157. The number of carbonyl (C=O) groups excluding carboxylic acids is 1. The Morgan fingerprint density at radius 2 is 2.10 bits per heavy atom. The van der Waals surface area contributed by atoms with Crippen LogP contribution in [-0.2, 0) is 9.63 Å². The first-order valence-corrected chi connectivity index (χ1v) is 5.70. The number of rotatable bonds is 7. The van der Waals surface area contributed by atoms with Gasteiger partial charge in [0.1, 0.15) is 6.20 Å². The molecule has 1 N–H and O–H groups in total. The zero-order valence-electron chi connectivity index (χ0n) is 10.6. The lowest BCUT2D eigenvalue weighted by molar-refractivity contribution is -0.394. The molecule has 0 spiro atoms. The molecule has 0 aliphatic rings. The van der Waals surface area contributed by atoms with E-state index in [0.717, 1.165) is 18.7 Å². The number of hydrogen-bond acceptors (Lipinski definition) is 8. The lowest BCUT2D eigenvalue weighted by Gasteiger charge is -2.05. The van der Waals surface area contributed by atoms with E-state index in [2.05, 4.69) is 9.82 Å². The van der Waals surface area contributed by atoms with E-state index >= 15 is 0 Å². The summed E-state index contributed by atoms with van der Waals surface area (Å²) in [6, 6.07) is 0.731. The fourth-order valence-corrected chi connectivity index (χ4v) is 1.24. The third-order valence-electron chi connectivity index (χ3n) is 2.26. The quantitative estimate of drug-likeness (QED) is 0.592. The van der Waals surface area contributed by atoms with Crippen LogP contribution in [0.1, 0.15) is 26.2 Å². The molecule has 108 valence electrons. The number of hydrogen-bond donors (Lipinski definition) is 1. The molecular formula is C10H12N4O6. The predicted octanol–water partition coefficient (Wildman–Crippen LogP) is 1.96. The summed E-state index contributed by atoms with van der Waals surface area (Å²) in [5.74, 6) is -0.966. The molecule has 0 saturated carbocycles. The van der Waals surface area contributed by atoms with Crippen molar-refractivity contribution in [3.63, 3.8) is 0 Å². The first-order chi connectivity index (χ1) is 9.45. The van der Waals surface area contributed by atoms with Gasteiger partial charge < -0.3 is 4.84 Å². The monoisotopic (exact) mass is 284 g/mol. The molecule has 0 aliphatic carbocycles. The van der Waals surface area contributed by atoms with Gasteiger partial charge in [0.05, 0.1) is 15.9 Å². The van der Waals surface area contributed by atoms with Crippen molar-refractivity contribution in [1.82, 2.24) is 4.98 Å². The first kappa shape index (κ1) is 15.3. The summed E-state index contributed by atoms with van der Waals surface area (Å²) in [5.41, 5.74) is 0.866. The van der Waals surface area contributed by atoms with Crippen molar-refractivity contribution in [2.45, 2.75) is 26.2 Å². The number of nitro groups is 2. The highest BCUT2D eigenvalue weighted by Crippen LogP contribution is 2.26. The van der Waals surface area contributed by atoms with Crippen molar-refractivity contribution >= 4 is 23.2 Å². The van der Waals surface area contributed by atoms with Gasteiger partial charge in [-0.25, -0.2) is 9.78 Å². The molecule has 0 unspecified atom stereocenters. The lowest BCUT2D eigenvalue weighted by atomic mass is 10.3. The van der Waals surface area contributed by atoms with Gasteiger partial charge in [-0.05, 0) is 6.42 Å². The largest absolute Gasteiger partial charge is 0.342 e. The van der Waals surface area contributed by atoms with Crippen molar-refractivity contribution in [1.29, 1.82) is 0 Å². The molecule has 0 aromatic carbocycles. The normalized spacial score (nSPS) is 9.85. The van der Waals surface area contributed by atoms with E-state index in [0.29, 0.717) is 6.42 Å². The summed E-state index contributed by atoms with van der Waals surface area (Å²) in [6.45, 7) is 1.89. The Hall–Kier alpha value is -2.78. The number of pyridine rings is 1. The summed E-state index contributed by atoms with van der Waals surface area (Å²) in [4.78, 5) is 39.0. The van der Waals surface area contributed by atoms with Crippen LogP contribution in [0.2, 0.25) is 0 Å². The number of aromatic nitrogens is 1. The van der Waals surface area contributed by atoms with Gasteiger partial charge in [0.25, 0.3) is 5.69 Å². The van der Waals surface area contributed by atoms with E-state index in [-0.39, 0.29) is 12.2 Å². The minimum atomic E-state index is -0.859. The number of anilines is 1. The second-order valence-electron chi connectivity index (χ2n) is 3.76. The Balaban J connectivity index is 2.81. The van der Waals surface area contributed by atoms with E-state index in [1.165, 1.54) is 0 Å². The molecule has 1 heterocycles. The third-order valence-corrected chi connectivity index (χ3v) is 2.26. The SMILES string of the molecule is CCCCC(=O)ONc1ncc([N+](=O)[O-])cc1[N+](=O)[O-]. The molecule has 20 heavy (non-hydrogen) atoms.